The molecule has 1 rings (SSSR count). The zero-order valence-electron chi connectivity index (χ0n) is 8.67. The number of carbonyl (C=O) groups is 1. The van der Waals surface area contributed by atoms with Crippen LogP contribution in [0.3, 0.4) is 0 Å². The molecular weight excluding hydrogens is 260 g/mol. The maximum Gasteiger partial charge on any atom is 0.163 e. The Morgan fingerprint density at radius 1 is 1.40 bits per heavy atom. The zero-order chi connectivity index (χ0) is 11.6. The van der Waals surface area contributed by atoms with Crippen molar-refractivity contribution in [1.82, 2.24) is 0 Å². The molecule has 0 radical (unpaired) electrons. The highest BCUT2D eigenvalue weighted by Gasteiger charge is 2.17. The van der Waals surface area contributed by atoms with Crippen LogP contribution in [0.2, 0.25) is 0 Å². The van der Waals surface area contributed by atoms with Gasteiger partial charge in [-0.3, -0.25) is 4.79 Å². The van der Waals surface area contributed by atoms with Crippen molar-refractivity contribution in [2.75, 3.05) is 0 Å². The van der Waals surface area contributed by atoms with Crippen LogP contribution in [0.1, 0.15) is 36.2 Å². The molecule has 0 saturated carbocycles. The topological polar surface area (TPSA) is 57.5 Å². The molecule has 0 aromatic heterocycles. The predicted octanol–water partition coefficient (Wildman–Crippen LogP) is 3.02. The van der Waals surface area contributed by atoms with E-state index in [9.17, 15) is 15.0 Å². The Bertz CT molecular complexity index is 399. The van der Waals surface area contributed by atoms with Gasteiger partial charge in [-0.05, 0) is 35.3 Å². The van der Waals surface area contributed by atoms with Crippen LogP contribution in [0.5, 0.6) is 11.5 Å². The van der Waals surface area contributed by atoms with Gasteiger partial charge in [-0.25, -0.2) is 0 Å². The Kier molecular flexibility index (Phi) is 3.74. The summed E-state index contributed by atoms with van der Waals surface area (Å²) in [6.45, 7) is 3.32. The number of benzene rings is 1. The molecule has 0 bridgehead atoms. The van der Waals surface area contributed by atoms with E-state index in [1.165, 1.54) is 13.0 Å². The van der Waals surface area contributed by atoms with Crippen molar-refractivity contribution < 1.29 is 15.0 Å². The summed E-state index contributed by atoms with van der Waals surface area (Å²) in [5.41, 5.74) is 0.667. The lowest BCUT2D eigenvalue weighted by Gasteiger charge is -2.11. The van der Waals surface area contributed by atoms with E-state index in [2.05, 4.69) is 15.9 Å². The monoisotopic (exact) mass is 272 g/mol. The lowest BCUT2D eigenvalue weighted by molar-refractivity contribution is 0.101. The Labute approximate surface area is 96.9 Å². The summed E-state index contributed by atoms with van der Waals surface area (Å²) < 4.78 is 0.439. The number of phenolic OH excluding ortho intramolecular Hbond substituents is 2. The number of hydrogen-bond acceptors (Lipinski definition) is 3. The van der Waals surface area contributed by atoms with Crippen molar-refractivity contribution in [3.8, 4) is 11.5 Å². The largest absolute Gasteiger partial charge is 0.507 e. The van der Waals surface area contributed by atoms with Gasteiger partial charge in [0.15, 0.2) is 5.78 Å². The van der Waals surface area contributed by atoms with Crippen molar-refractivity contribution in [1.29, 1.82) is 0 Å². The van der Waals surface area contributed by atoms with Crippen LogP contribution in [0.15, 0.2) is 10.5 Å². The van der Waals surface area contributed by atoms with Crippen LogP contribution in [0.4, 0.5) is 0 Å². The first kappa shape index (κ1) is 12.0. The van der Waals surface area contributed by atoms with E-state index in [-0.39, 0.29) is 22.8 Å². The third-order valence-electron chi connectivity index (χ3n) is 2.20. The Hall–Kier alpha value is -1.03. The van der Waals surface area contributed by atoms with Crippen LogP contribution in [0.25, 0.3) is 0 Å². The summed E-state index contributed by atoms with van der Waals surface area (Å²) in [6, 6.07) is 1.44. The molecule has 15 heavy (non-hydrogen) atoms. The fraction of sp³-hybridized carbons (Fsp3) is 0.364. The van der Waals surface area contributed by atoms with Crippen molar-refractivity contribution in [2.24, 2.45) is 0 Å². The number of hydrogen-bond donors (Lipinski definition) is 2. The van der Waals surface area contributed by atoms with Gasteiger partial charge in [-0.15, -0.1) is 0 Å². The molecule has 0 aliphatic rings. The summed E-state index contributed by atoms with van der Waals surface area (Å²) in [6.07, 6.45) is 1.33. The van der Waals surface area contributed by atoms with Gasteiger partial charge in [0.1, 0.15) is 11.5 Å². The second-order valence-electron chi connectivity index (χ2n) is 3.39. The number of Topliss-reactive ketones (excluding diaryl/α,β-unsaturated/α-hetero) is 1. The van der Waals surface area contributed by atoms with E-state index in [1.807, 2.05) is 6.92 Å². The van der Waals surface area contributed by atoms with Crippen molar-refractivity contribution in [3.63, 3.8) is 0 Å². The van der Waals surface area contributed by atoms with Crippen molar-refractivity contribution in [3.05, 3.63) is 21.7 Å². The van der Waals surface area contributed by atoms with Crippen molar-refractivity contribution >= 4 is 21.7 Å². The summed E-state index contributed by atoms with van der Waals surface area (Å²) >= 11 is 3.16. The SMILES string of the molecule is CCCc1c(O)c(Br)cc(C(C)=O)c1O. The van der Waals surface area contributed by atoms with Gasteiger partial charge in [0.25, 0.3) is 0 Å². The smallest absolute Gasteiger partial charge is 0.163 e. The maximum atomic E-state index is 11.2. The number of carbonyl (C=O) groups excluding carboxylic acids is 1. The highest BCUT2D eigenvalue weighted by molar-refractivity contribution is 9.10. The molecule has 4 heteroatoms. The molecule has 0 amide bonds. The van der Waals surface area contributed by atoms with Gasteiger partial charge >= 0.3 is 0 Å². The third-order valence-corrected chi connectivity index (χ3v) is 2.81. The molecule has 0 atom stereocenters. The molecule has 1 aromatic rings. The Balaban J connectivity index is 3.41. The van der Waals surface area contributed by atoms with E-state index < -0.39 is 0 Å². The highest BCUT2D eigenvalue weighted by atomic mass is 79.9. The van der Waals surface area contributed by atoms with Crippen molar-refractivity contribution in [2.45, 2.75) is 26.7 Å². The fourth-order valence-electron chi connectivity index (χ4n) is 1.44. The average Bonchev–Trinajstić information content (AvgIpc) is 2.18. The Morgan fingerprint density at radius 3 is 2.47 bits per heavy atom. The van der Waals surface area contributed by atoms with E-state index in [4.69, 9.17) is 0 Å². The quantitative estimate of drug-likeness (QED) is 0.832. The van der Waals surface area contributed by atoms with Gasteiger partial charge in [-0.1, -0.05) is 13.3 Å². The molecule has 1 aromatic carbocycles. The van der Waals surface area contributed by atoms with Crippen LogP contribution in [-0.4, -0.2) is 16.0 Å². The number of halogens is 1. The molecule has 0 fully saturated rings. The molecular formula is C11H13BrO3. The minimum absolute atomic E-state index is 0.0133. The molecule has 2 N–H and O–H groups in total. The first-order valence-corrected chi connectivity index (χ1v) is 5.52. The van der Waals surface area contributed by atoms with Crippen LogP contribution in [-0.2, 0) is 6.42 Å². The summed E-state index contributed by atoms with van der Waals surface area (Å²) in [5, 5.41) is 19.5. The van der Waals surface area contributed by atoms with Gasteiger partial charge in [0.05, 0.1) is 10.0 Å². The normalized spacial score (nSPS) is 10.3. The number of phenols is 2. The molecule has 3 nitrogen and oxygen atoms in total. The lowest BCUT2D eigenvalue weighted by Crippen LogP contribution is -1.97. The van der Waals surface area contributed by atoms with E-state index >= 15 is 0 Å². The minimum Gasteiger partial charge on any atom is -0.507 e. The molecule has 0 unspecified atom stereocenters. The van der Waals surface area contributed by atoms with E-state index in [0.29, 0.717) is 16.5 Å². The number of aromatic hydroxyl groups is 2. The van der Waals surface area contributed by atoms with Crippen LogP contribution in [0, 0.1) is 0 Å². The van der Waals surface area contributed by atoms with Gasteiger partial charge in [0, 0.05) is 5.56 Å². The van der Waals surface area contributed by atoms with Gasteiger partial charge < -0.3 is 10.2 Å². The molecule has 82 valence electrons. The summed E-state index contributed by atoms with van der Waals surface area (Å²) in [4.78, 5) is 11.2. The first-order valence-electron chi connectivity index (χ1n) is 4.73. The highest BCUT2D eigenvalue weighted by Crippen LogP contribution is 2.38. The maximum absolute atomic E-state index is 11.2. The molecule has 0 heterocycles. The molecule has 0 saturated heterocycles. The lowest BCUT2D eigenvalue weighted by atomic mass is 10.0. The number of ketones is 1. The van der Waals surface area contributed by atoms with E-state index in [0.717, 1.165) is 6.42 Å². The summed E-state index contributed by atoms with van der Waals surface area (Å²) in [7, 11) is 0. The van der Waals surface area contributed by atoms with Crippen LogP contribution >= 0.6 is 15.9 Å². The van der Waals surface area contributed by atoms with Crippen LogP contribution < -0.4 is 0 Å². The Morgan fingerprint density at radius 2 is 2.00 bits per heavy atom. The summed E-state index contributed by atoms with van der Waals surface area (Å²) in [5.74, 6) is -0.310. The first-order chi connectivity index (χ1) is 6.99. The second kappa shape index (κ2) is 4.66. The zero-order valence-corrected chi connectivity index (χ0v) is 10.3. The number of rotatable bonds is 3. The standard InChI is InChI=1S/C11H13BrO3/c1-3-4-7-10(14)8(6(2)13)5-9(12)11(7)15/h5,14-15H,3-4H2,1-2H3. The second-order valence-corrected chi connectivity index (χ2v) is 4.24. The fourth-order valence-corrected chi connectivity index (χ4v) is 1.91. The predicted molar refractivity (Wildman–Crippen MR) is 61.5 cm³/mol. The van der Waals surface area contributed by atoms with Gasteiger partial charge in [-0.2, -0.15) is 0 Å². The molecule has 0 aliphatic heterocycles. The molecule has 0 aliphatic carbocycles. The van der Waals surface area contributed by atoms with E-state index in [1.54, 1.807) is 0 Å². The third kappa shape index (κ3) is 2.31. The molecule has 0 spiro atoms. The average molecular weight is 273 g/mol. The van der Waals surface area contributed by atoms with Gasteiger partial charge in [0.2, 0.25) is 0 Å². The minimum atomic E-state index is -0.217.